The van der Waals surface area contributed by atoms with Gasteiger partial charge < -0.3 is 5.32 Å². The van der Waals surface area contributed by atoms with Crippen LogP contribution in [0.5, 0.6) is 0 Å². The predicted octanol–water partition coefficient (Wildman–Crippen LogP) is 4.95. The minimum absolute atomic E-state index is 0.138. The molecule has 0 aromatic heterocycles. The molecule has 0 unspecified atom stereocenters. The van der Waals surface area contributed by atoms with Gasteiger partial charge in [-0.2, -0.15) is 26.3 Å². The van der Waals surface area contributed by atoms with Crippen molar-refractivity contribution in [2.45, 2.75) is 30.6 Å². The van der Waals surface area contributed by atoms with E-state index in [0.717, 1.165) is 6.07 Å². The zero-order valence-corrected chi connectivity index (χ0v) is 12.4. The van der Waals surface area contributed by atoms with Gasteiger partial charge in [0.25, 0.3) is 0 Å². The summed E-state index contributed by atoms with van der Waals surface area (Å²) in [5.41, 5.74) is -4.00. The molecule has 1 aromatic rings. The average Bonchev–Trinajstić information content (AvgIpc) is 3.06. The summed E-state index contributed by atoms with van der Waals surface area (Å²) in [4.78, 5) is 0. The molecule has 20 heavy (non-hydrogen) atoms. The first-order valence-electron chi connectivity index (χ1n) is 5.68. The van der Waals surface area contributed by atoms with Crippen LogP contribution >= 0.6 is 22.6 Å². The number of hydrogen-bond acceptors (Lipinski definition) is 1. The molecule has 112 valence electrons. The second kappa shape index (κ2) is 4.67. The van der Waals surface area contributed by atoms with Crippen LogP contribution in [0.3, 0.4) is 0 Å². The lowest BCUT2D eigenvalue weighted by atomic mass is 9.91. The van der Waals surface area contributed by atoms with E-state index in [1.165, 1.54) is 13.1 Å². The summed E-state index contributed by atoms with van der Waals surface area (Å²) in [7, 11) is 1.20. The van der Waals surface area contributed by atoms with Crippen molar-refractivity contribution < 1.29 is 26.3 Å². The van der Waals surface area contributed by atoms with Gasteiger partial charge in [0.05, 0.1) is 16.7 Å². The van der Waals surface area contributed by atoms with E-state index < -0.39 is 29.0 Å². The van der Waals surface area contributed by atoms with Crippen molar-refractivity contribution in [3.8, 4) is 0 Å². The molecular formula is C12H10F6IN. The molecule has 8 heteroatoms. The zero-order chi connectivity index (χ0) is 15.3. The van der Waals surface area contributed by atoms with Crippen LogP contribution in [-0.2, 0) is 11.6 Å². The lowest BCUT2D eigenvalue weighted by Crippen LogP contribution is -2.30. The van der Waals surface area contributed by atoms with E-state index in [0.29, 0.717) is 0 Å². The van der Waals surface area contributed by atoms with Crippen molar-refractivity contribution in [2.75, 3.05) is 12.4 Å². The quantitative estimate of drug-likeness (QED) is 0.539. The minimum atomic E-state index is -4.70. The van der Waals surface area contributed by atoms with E-state index in [4.69, 9.17) is 0 Å². The topological polar surface area (TPSA) is 12.0 Å². The molecule has 0 amide bonds. The summed E-state index contributed by atoms with van der Waals surface area (Å²) in [6, 6.07) is 2.03. The molecule has 0 saturated heterocycles. The largest absolute Gasteiger partial charge is 0.418 e. The van der Waals surface area contributed by atoms with Gasteiger partial charge in [0.2, 0.25) is 0 Å². The third kappa shape index (κ3) is 2.46. The van der Waals surface area contributed by atoms with Crippen LogP contribution in [0.4, 0.5) is 32.0 Å². The smallest absolute Gasteiger partial charge is 0.387 e. The van der Waals surface area contributed by atoms with Crippen molar-refractivity contribution in [1.29, 1.82) is 0 Å². The Balaban J connectivity index is 2.69. The van der Waals surface area contributed by atoms with Gasteiger partial charge in [-0.05, 0) is 53.1 Å². The predicted molar refractivity (Wildman–Crippen MR) is 70.7 cm³/mol. The standard InChI is InChI=1S/C12H10F6IN/c1-20-9-7(10(2-3-10)12(16,17)18)4-6(19)5-8(9)11(13,14)15/h4-5,20H,2-3H2,1H3. The molecule has 1 aromatic carbocycles. The summed E-state index contributed by atoms with van der Waals surface area (Å²) in [6.07, 6.45) is -9.60. The molecule has 1 aliphatic carbocycles. The van der Waals surface area contributed by atoms with Gasteiger partial charge in [0.1, 0.15) is 0 Å². The van der Waals surface area contributed by atoms with Crippen LogP contribution in [0.2, 0.25) is 0 Å². The lowest BCUT2D eigenvalue weighted by Gasteiger charge is -2.25. The molecule has 0 atom stereocenters. The third-order valence-electron chi connectivity index (χ3n) is 3.47. The maximum Gasteiger partial charge on any atom is 0.418 e. The maximum absolute atomic E-state index is 13.1. The summed E-state index contributed by atoms with van der Waals surface area (Å²) in [5.74, 6) is 0. The van der Waals surface area contributed by atoms with Gasteiger partial charge in [-0.3, -0.25) is 0 Å². The maximum atomic E-state index is 13.1. The Bertz CT molecular complexity index is 530. The number of alkyl halides is 6. The van der Waals surface area contributed by atoms with Crippen molar-refractivity contribution in [3.05, 3.63) is 26.8 Å². The number of benzene rings is 1. The Morgan fingerprint density at radius 2 is 1.65 bits per heavy atom. The molecular weight excluding hydrogens is 399 g/mol. The van der Waals surface area contributed by atoms with Crippen LogP contribution < -0.4 is 5.32 Å². The molecule has 2 rings (SSSR count). The first kappa shape index (κ1) is 15.7. The Hall–Kier alpha value is -0.670. The summed E-state index contributed by atoms with van der Waals surface area (Å²) in [6.45, 7) is 0. The van der Waals surface area contributed by atoms with Crippen molar-refractivity contribution >= 4 is 28.3 Å². The molecule has 0 spiro atoms. The normalized spacial score (nSPS) is 18.0. The molecule has 0 heterocycles. The minimum Gasteiger partial charge on any atom is -0.387 e. The van der Waals surface area contributed by atoms with Crippen LogP contribution in [0.25, 0.3) is 0 Å². The Morgan fingerprint density at radius 3 is 2.00 bits per heavy atom. The van der Waals surface area contributed by atoms with E-state index in [9.17, 15) is 26.3 Å². The molecule has 1 N–H and O–H groups in total. The number of rotatable bonds is 2. The molecule has 1 nitrogen and oxygen atoms in total. The molecule has 1 fully saturated rings. The first-order valence-corrected chi connectivity index (χ1v) is 6.76. The fraction of sp³-hybridized carbons (Fsp3) is 0.500. The second-order valence-corrected chi connectivity index (χ2v) is 5.95. The summed E-state index contributed by atoms with van der Waals surface area (Å²) < 4.78 is 78.5. The third-order valence-corrected chi connectivity index (χ3v) is 4.09. The van der Waals surface area contributed by atoms with Crippen molar-refractivity contribution in [1.82, 2.24) is 0 Å². The fourth-order valence-corrected chi connectivity index (χ4v) is 2.93. The van der Waals surface area contributed by atoms with Crippen LogP contribution in [0.15, 0.2) is 12.1 Å². The van der Waals surface area contributed by atoms with Gasteiger partial charge in [-0.1, -0.05) is 0 Å². The van der Waals surface area contributed by atoms with Crippen LogP contribution in [0.1, 0.15) is 24.0 Å². The van der Waals surface area contributed by atoms with Gasteiger partial charge >= 0.3 is 12.4 Å². The average molecular weight is 409 g/mol. The molecule has 1 saturated carbocycles. The van der Waals surface area contributed by atoms with Gasteiger partial charge in [0, 0.05) is 10.6 Å². The Labute approximate surface area is 124 Å². The number of anilines is 1. The Morgan fingerprint density at radius 1 is 1.10 bits per heavy atom. The van der Waals surface area contributed by atoms with Gasteiger partial charge in [-0.25, -0.2) is 0 Å². The molecule has 0 aliphatic heterocycles. The van der Waals surface area contributed by atoms with E-state index in [-0.39, 0.29) is 22.0 Å². The highest BCUT2D eigenvalue weighted by Gasteiger charge is 2.65. The van der Waals surface area contributed by atoms with E-state index >= 15 is 0 Å². The summed E-state index contributed by atoms with van der Waals surface area (Å²) >= 11 is 1.60. The van der Waals surface area contributed by atoms with Crippen molar-refractivity contribution in [2.24, 2.45) is 0 Å². The molecule has 0 bridgehead atoms. The fourth-order valence-electron chi connectivity index (χ4n) is 2.31. The van der Waals surface area contributed by atoms with Gasteiger partial charge in [0.15, 0.2) is 0 Å². The van der Waals surface area contributed by atoms with E-state index in [1.807, 2.05) is 0 Å². The van der Waals surface area contributed by atoms with Crippen molar-refractivity contribution in [3.63, 3.8) is 0 Å². The Kier molecular flexibility index (Phi) is 3.67. The van der Waals surface area contributed by atoms with E-state index in [2.05, 4.69) is 5.32 Å². The number of hydrogen-bond donors (Lipinski definition) is 1. The molecule has 1 aliphatic rings. The SMILES string of the molecule is CNc1c(C(F)(F)F)cc(I)cc1C1(C(F)(F)F)CC1. The highest BCUT2D eigenvalue weighted by Crippen LogP contribution is 2.61. The lowest BCUT2D eigenvalue weighted by molar-refractivity contribution is -0.161. The number of halogens is 7. The first-order chi connectivity index (χ1) is 9.03. The molecule has 0 radical (unpaired) electrons. The number of nitrogens with one attached hydrogen (secondary N) is 1. The monoisotopic (exact) mass is 409 g/mol. The second-order valence-electron chi connectivity index (χ2n) is 4.70. The highest BCUT2D eigenvalue weighted by molar-refractivity contribution is 14.1. The zero-order valence-electron chi connectivity index (χ0n) is 10.2. The van der Waals surface area contributed by atoms with Crippen LogP contribution in [0, 0.1) is 3.57 Å². The van der Waals surface area contributed by atoms with E-state index in [1.54, 1.807) is 22.6 Å². The summed E-state index contributed by atoms with van der Waals surface area (Å²) in [5, 5.41) is 2.29. The van der Waals surface area contributed by atoms with Crippen LogP contribution in [-0.4, -0.2) is 13.2 Å². The highest BCUT2D eigenvalue weighted by atomic mass is 127. The van der Waals surface area contributed by atoms with Gasteiger partial charge in [-0.15, -0.1) is 0 Å².